The Morgan fingerprint density at radius 3 is 2.74 bits per heavy atom. The largest absolute Gasteiger partial charge is 0.390 e. The number of aromatic nitrogens is 4. The lowest BCUT2D eigenvalue weighted by atomic mass is 10.0. The van der Waals surface area contributed by atoms with Gasteiger partial charge >= 0.3 is 0 Å². The quantitative estimate of drug-likeness (QED) is 0.626. The molecule has 1 aromatic carbocycles. The third-order valence-electron chi connectivity index (χ3n) is 4.79. The molecule has 0 amide bonds. The zero-order valence-corrected chi connectivity index (χ0v) is 15.5. The van der Waals surface area contributed by atoms with Gasteiger partial charge in [-0.05, 0) is 30.2 Å². The Morgan fingerprint density at radius 1 is 1.22 bits per heavy atom. The lowest BCUT2D eigenvalue weighted by Gasteiger charge is -2.36. The fourth-order valence-electron chi connectivity index (χ4n) is 3.39. The standard InChI is InChI=1S/C19H21ClN6O/c20-15-4-2-13(3-5-15)18-14(10-23-25-18)11-26-9-6-16(17(27)12-26)24-19-21-7-1-8-22-19/h1-5,7-8,10,16-17,27H,6,9,11-12H2,(H,23,25)(H,21,22,24)/t16-,17-/m1/s1. The maximum atomic E-state index is 10.5. The van der Waals surface area contributed by atoms with Crippen LogP contribution in [0.3, 0.4) is 0 Å². The van der Waals surface area contributed by atoms with Crippen LogP contribution in [0.15, 0.2) is 48.9 Å². The van der Waals surface area contributed by atoms with Crippen molar-refractivity contribution in [1.29, 1.82) is 0 Å². The topological polar surface area (TPSA) is 90.0 Å². The second-order valence-corrected chi connectivity index (χ2v) is 7.13. The van der Waals surface area contributed by atoms with Gasteiger partial charge in [-0.1, -0.05) is 23.7 Å². The molecule has 3 heterocycles. The van der Waals surface area contributed by atoms with E-state index >= 15 is 0 Å². The molecule has 0 aliphatic carbocycles. The van der Waals surface area contributed by atoms with E-state index in [1.165, 1.54) is 0 Å². The van der Waals surface area contributed by atoms with Gasteiger partial charge in [0.2, 0.25) is 5.95 Å². The van der Waals surface area contributed by atoms with Crippen molar-refractivity contribution in [1.82, 2.24) is 25.1 Å². The molecule has 3 N–H and O–H groups in total. The normalized spacial score (nSPS) is 20.5. The first-order valence-corrected chi connectivity index (χ1v) is 9.29. The van der Waals surface area contributed by atoms with Crippen molar-refractivity contribution in [2.24, 2.45) is 0 Å². The number of hydrogen-bond acceptors (Lipinski definition) is 6. The van der Waals surface area contributed by atoms with Gasteiger partial charge in [-0.15, -0.1) is 0 Å². The second kappa shape index (κ2) is 8.04. The number of aliphatic hydroxyl groups excluding tert-OH is 1. The Hall–Kier alpha value is -2.48. The van der Waals surface area contributed by atoms with Gasteiger partial charge in [0.15, 0.2) is 0 Å². The van der Waals surface area contributed by atoms with Gasteiger partial charge < -0.3 is 10.4 Å². The molecule has 2 aromatic heterocycles. The van der Waals surface area contributed by atoms with Gasteiger partial charge in [-0.25, -0.2) is 9.97 Å². The lowest BCUT2D eigenvalue weighted by Crippen LogP contribution is -2.49. The maximum absolute atomic E-state index is 10.5. The summed E-state index contributed by atoms with van der Waals surface area (Å²) in [6, 6.07) is 9.41. The number of β-amino-alcohol motifs (C(OH)–C–C–N with tert-alkyl or cyclic N) is 1. The third-order valence-corrected chi connectivity index (χ3v) is 5.04. The summed E-state index contributed by atoms with van der Waals surface area (Å²) in [4.78, 5) is 10.6. The fourth-order valence-corrected chi connectivity index (χ4v) is 3.51. The van der Waals surface area contributed by atoms with E-state index in [2.05, 4.69) is 30.4 Å². The van der Waals surface area contributed by atoms with Gasteiger partial charge in [-0.2, -0.15) is 5.10 Å². The Labute approximate surface area is 162 Å². The average Bonchev–Trinajstić information content (AvgIpc) is 3.13. The minimum atomic E-state index is -0.492. The van der Waals surface area contributed by atoms with Crippen LogP contribution in [0.4, 0.5) is 5.95 Å². The van der Waals surface area contributed by atoms with Crippen LogP contribution in [0.2, 0.25) is 5.02 Å². The molecule has 0 radical (unpaired) electrons. The molecule has 1 saturated heterocycles. The Bertz CT molecular complexity index is 869. The number of nitrogens with zero attached hydrogens (tertiary/aromatic N) is 4. The molecular formula is C19H21ClN6O. The summed E-state index contributed by atoms with van der Waals surface area (Å²) in [5, 5.41) is 21.8. The van der Waals surface area contributed by atoms with Gasteiger partial charge in [0.05, 0.1) is 24.0 Å². The molecule has 0 unspecified atom stereocenters. The summed E-state index contributed by atoms with van der Waals surface area (Å²) in [6.45, 7) is 2.17. The summed E-state index contributed by atoms with van der Waals surface area (Å²) in [5.74, 6) is 0.551. The second-order valence-electron chi connectivity index (χ2n) is 6.69. The third kappa shape index (κ3) is 4.27. The number of halogens is 1. The van der Waals surface area contributed by atoms with E-state index in [1.807, 2.05) is 30.5 Å². The molecule has 27 heavy (non-hydrogen) atoms. The number of nitrogens with one attached hydrogen (secondary N) is 2. The van der Waals surface area contributed by atoms with Crippen LogP contribution in [0, 0.1) is 0 Å². The van der Waals surface area contributed by atoms with Crippen molar-refractivity contribution in [3.63, 3.8) is 0 Å². The predicted molar refractivity (Wildman–Crippen MR) is 104 cm³/mol. The van der Waals surface area contributed by atoms with E-state index < -0.39 is 6.10 Å². The van der Waals surface area contributed by atoms with Gasteiger partial charge in [0, 0.05) is 42.6 Å². The molecule has 1 aliphatic heterocycles. The van der Waals surface area contributed by atoms with Crippen LogP contribution in [0.25, 0.3) is 11.3 Å². The highest BCUT2D eigenvalue weighted by atomic mass is 35.5. The molecule has 2 atom stereocenters. The van der Waals surface area contributed by atoms with Gasteiger partial charge in [-0.3, -0.25) is 10.00 Å². The lowest BCUT2D eigenvalue weighted by molar-refractivity contribution is 0.0560. The Morgan fingerprint density at radius 2 is 2.00 bits per heavy atom. The van der Waals surface area contributed by atoms with Crippen molar-refractivity contribution in [2.75, 3.05) is 18.4 Å². The number of anilines is 1. The summed E-state index contributed by atoms with van der Waals surface area (Å²) >= 11 is 5.98. The first-order chi connectivity index (χ1) is 13.2. The molecule has 0 spiro atoms. The number of hydrogen-bond donors (Lipinski definition) is 3. The monoisotopic (exact) mass is 384 g/mol. The molecule has 8 heteroatoms. The van der Waals surface area contributed by atoms with E-state index in [1.54, 1.807) is 18.5 Å². The van der Waals surface area contributed by atoms with Gasteiger partial charge in [0.25, 0.3) is 0 Å². The van der Waals surface area contributed by atoms with Crippen molar-refractivity contribution in [3.05, 3.63) is 59.5 Å². The molecule has 4 rings (SSSR count). The van der Waals surface area contributed by atoms with Gasteiger partial charge in [0.1, 0.15) is 0 Å². The number of aromatic amines is 1. The van der Waals surface area contributed by atoms with E-state index in [0.29, 0.717) is 17.5 Å². The Kier molecular flexibility index (Phi) is 5.33. The average molecular weight is 385 g/mol. The zero-order chi connectivity index (χ0) is 18.6. The smallest absolute Gasteiger partial charge is 0.222 e. The molecule has 140 valence electrons. The highest BCUT2D eigenvalue weighted by Gasteiger charge is 2.28. The number of piperidine rings is 1. The molecule has 1 aliphatic rings. The number of benzene rings is 1. The van der Waals surface area contributed by atoms with E-state index in [4.69, 9.17) is 11.6 Å². The van der Waals surface area contributed by atoms with Crippen LogP contribution >= 0.6 is 11.6 Å². The first kappa shape index (κ1) is 17.9. The zero-order valence-electron chi connectivity index (χ0n) is 14.7. The summed E-state index contributed by atoms with van der Waals surface area (Å²) in [5.41, 5.74) is 3.13. The van der Waals surface area contributed by atoms with Crippen molar-refractivity contribution in [2.45, 2.75) is 25.1 Å². The minimum absolute atomic E-state index is 0.0521. The summed E-state index contributed by atoms with van der Waals surface area (Å²) in [6.07, 6.45) is 5.54. The van der Waals surface area contributed by atoms with E-state index in [0.717, 1.165) is 36.3 Å². The molecule has 1 fully saturated rings. The van der Waals surface area contributed by atoms with Crippen LogP contribution in [-0.4, -0.2) is 55.4 Å². The molecule has 0 bridgehead atoms. The summed E-state index contributed by atoms with van der Waals surface area (Å²) in [7, 11) is 0. The Balaban J connectivity index is 1.39. The highest BCUT2D eigenvalue weighted by molar-refractivity contribution is 6.30. The van der Waals surface area contributed by atoms with Crippen LogP contribution in [0.1, 0.15) is 12.0 Å². The maximum Gasteiger partial charge on any atom is 0.222 e. The molecule has 7 nitrogen and oxygen atoms in total. The van der Waals surface area contributed by atoms with Crippen LogP contribution in [0.5, 0.6) is 0 Å². The number of likely N-dealkylation sites (tertiary alicyclic amines) is 1. The number of aliphatic hydroxyl groups is 1. The number of H-pyrrole nitrogens is 1. The molecular weight excluding hydrogens is 364 g/mol. The van der Waals surface area contributed by atoms with Crippen LogP contribution in [-0.2, 0) is 6.54 Å². The molecule has 0 saturated carbocycles. The summed E-state index contributed by atoms with van der Waals surface area (Å²) < 4.78 is 0. The number of rotatable bonds is 5. The van der Waals surface area contributed by atoms with Crippen molar-refractivity contribution in [3.8, 4) is 11.3 Å². The van der Waals surface area contributed by atoms with E-state index in [-0.39, 0.29) is 6.04 Å². The SMILES string of the molecule is O[C@@H]1CN(Cc2cn[nH]c2-c2ccc(Cl)cc2)CC[C@H]1Nc1ncccn1. The van der Waals surface area contributed by atoms with Crippen LogP contribution < -0.4 is 5.32 Å². The predicted octanol–water partition coefficient (Wildman–Crippen LogP) is 2.57. The first-order valence-electron chi connectivity index (χ1n) is 8.91. The minimum Gasteiger partial charge on any atom is -0.390 e. The highest BCUT2D eigenvalue weighted by Crippen LogP contribution is 2.25. The fraction of sp³-hybridized carbons (Fsp3) is 0.316. The van der Waals surface area contributed by atoms with Crippen molar-refractivity contribution < 1.29 is 5.11 Å². The van der Waals surface area contributed by atoms with Crippen molar-refractivity contribution >= 4 is 17.5 Å². The molecule has 3 aromatic rings. The van der Waals surface area contributed by atoms with E-state index in [9.17, 15) is 5.11 Å².